The zero-order chi connectivity index (χ0) is 14.4. The van der Waals surface area contributed by atoms with Crippen molar-refractivity contribution in [2.45, 2.75) is 45.1 Å². The van der Waals surface area contributed by atoms with Gasteiger partial charge in [-0.25, -0.2) is 4.39 Å². The monoisotopic (exact) mass is 279 g/mol. The van der Waals surface area contributed by atoms with Crippen molar-refractivity contribution in [3.8, 4) is 0 Å². The molecule has 3 nitrogen and oxygen atoms in total. The Hall–Kier alpha value is -1.42. The van der Waals surface area contributed by atoms with Crippen LogP contribution in [0.15, 0.2) is 18.2 Å². The van der Waals surface area contributed by atoms with Crippen LogP contribution in [-0.2, 0) is 4.74 Å². The summed E-state index contributed by atoms with van der Waals surface area (Å²) in [5.74, 6) is -0.491. The Kier molecular flexibility index (Phi) is 5.53. The second-order valence-electron chi connectivity index (χ2n) is 5.35. The van der Waals surface area contributed by atoms with Gasteiger partial charge in [0, 0.05) is 12.1 Å². The van der Waals surface area contributed by atoms with Crippen LogP contribution in [0.1, 0.15) is 48.0 Å². The Morgan fingerprint density at radius 2 is 2.10 bits per heavy atom. The van der Waals surface area contributed by atoms with Crippen molar-refractivity contribution in [3.05, 3.63) is 35.1 Å². The molecular weight excluding hydrogens is 257 g/mol. The molecule has 0 unspecified atom stereocenters. The Labute approximate surface area is 119 Å². The van der Waals surface area contributed by atoms with Crippen LogP contribution in [0.4, 0.5) is 4.39 Å². The molecule has 1 N–H and O–H groups in total. The molecule has 0 spiro atoms. The summed E-state index contributed by atoms with van der Waals surface area (Å²) >= 11 is 0. The summed E-state index contributed by atoms with van der Waals surface area (Å²) in [6, 6.07) is 4.19. The molecule has 0 aliphatic heterocycles. The van der Waals surface area contributed by atoms with Crippen molar-refractivity contribution in [3.63, 3.8) is 0 Å². The van der Waals surface area contributed by atoms with Crippen molar-refractivity contribution in [1.29, 1.82) is 0 Å². The maximum Gasteiger partial charge on any atom is 0.251 e. The lowest BCUT2D eigenvalue weighted by atomic mass is 9.98. The molecular formula is C16H22FNO2. The average molecular weight is 279 g/mol. The third kappa shape index (κ3) is 4.30. The molecule has 1 aliphatic rings. The molecule has 0 saturated heterocycles. The third-order valence-corrected chi connectivity index (χ3v) is 3.73. The highest BCUT2D eigenvalue weighted by Crippen LogP contribution is 2.19. The van der Waals surface area contributed by atoms with E-state index in [-0.39, 0.29) is 11.7 Å². The van der Waals surface area contributed by atoms with Crippen LogP contribution < -0.4 is 5.32 Å². The summed E-state index contributed by atoms with van der Waals surface area (Å²) in [4.78, 5) is 11.9. The van der Waals surface area contributed by atoms with E-state index in [4.69, 9.17) is 4.74 Å². The normalized spacial score (nSPS) is 16.1. The Balaban J connectivity index is 1.72. The molecule has 0 atom stereocenters. The van der Waals surface area contributed by atoms with Crippen molar-refractivity contribution >= 4 is 5.91 Å². The molecule has 1 aliphatic carbocycles. The van der Waals surface area contributed by atoms with Gasteiger partial charge in [0.25, 0.3) is 5.91 Å². The molecule has 0 radical (unpaired) electrons. The van der Waals surface area contributed by atoms with Gasteiger partial charge < -0.3 is 10.1 Å². The first-order valence-electron chi connectivity index (χ1n) is 7.33. The van der Waals surface area contributed by atoms with Crippen LogP contribution >= 0.6 is 0 Å². The van der Waals surface area contributed by atoms with Gasteiger partial charge in [-0.05, 0) is 43.5 Å². The number of hydrogen-bond donors (Lipinski definition) is 1. The van der Waals surface area contributed by atoms with Gasteiger partial charge in [0.05, 0.1) is 12.7 Å². The maximum absolute atomic E-state index is 13.0. The Morgan fingerprint density at radius 3 is 2.80 bits per heavy atom. The van der Waals surface area contributed by atoms with Gasteiger partial charge in [0.15, 0.2) is 0 Å². The molecule has 1 fully saturated rings. The highest BCUT2D eigenvalue weighted by Gasteiger charge is 2.14. The number of halogens is 1. The van der Waals surface area contributed by atoms with Gasteiger partial charge in [-0.3, -0.25) is 4.79 Å². The molecule has 0 heterocycles. The van der Waals surface area contributed by atoms with E-state index in [2.05, 4.69) is 5.32 Å². The SMILES string of the molecule is Cc1cc(F)ccc1C(=O)NCCOC1CCCCC1. The minimum atomic E-state index is -0.320. The molecule has 20 heavy (non-hydrogen) atoms. The van der Waals surface area contributed by atoms with Crippen molar-refractivity contribution in [2.75, 3.05) is 13.2 Å². The number of aryl methyl sites for hydroxylation is 1. The molecule has 110 valence electrons. The summed E-state index contributed by atoms with van der Waals surface area (Å²) in [5.41, 5.74) is 1.17. The highest BCUT2D eigenvalue weighted by atomic mass is 19.1. The second kappa shape index (κ2) is 7.39. The molecule has 2 rings (SSSR count). The molecule has 1 amide bonds. The smallest absolute Gasteiger partial charge is 0.251 e. The zero-order valence-electron chi connectivity index (χ0n) is 12.0. The summed E-state index contributed by atoms with van der Waals surface area (Å²) in [6.07, 6.45) is 6.40. The molecule has 0 aromatic heterocycles. The number of rotatable bonds is 5. The van der Waals surface area contributed by atoms with Gasteiger partial charge in [0.2, 0.25) is 0 Å². The fourth-order valence-electron chi connectivity index (χ4n) is 2.60. The fourth-order valence-corrected chi connectivity index (χ4v) is 2.60. The predicted octanol–water partition coefficient (Wildman–Crippen LogP) is 3.21. The largest absolute Gasteiger partial charge is 0.376 e. The minimum Gasteiger partial charge on any atom is -0.376 e. The van der Waals surface area contributed by atoms with Gasteiger partial charge >= 0.3 is 0 Å². The van der Waals surface area contributed by atoms with Crippen LogP contribution in [0.25, 0.3) is 0 Å². The van der Waals surface area contributed by atoms with Gasteiger partial charge in [-0.1, -0.05) is 19.3 Å². The van der Waals surface area contributed by atoms with E-state index in [9.17, 15) is 9.18 Å². The van der Waals surface area contributed by atoms with Crippen molar-refractivity contribution in [2.24, 2.45) is 0 Å². The van der Waals surface area contributed by atoms with E-state index in [1.54, 1.807) is 6.92 Å². The van der Waals surface area contributed by atoms with E-state index in [0.29, 0.717) is 30.4 Å². The molecule has 4 heteroatoms. The number of benzene rings is 1. The minimum absolute atomic E-state index is 0.172. The zero-order valence-corrected chi connectivity index (χ0v) is 12.0. The summed E-state index contributed by atoms with van der Waals surface area (Å²) in [7, 11) is 0. The van der Waals surface area contributed by atoms with Crippen molar-refractivity contribution in [1.82, 2.24) is 5.32 Å². The standard InChI is InChI=1S/C16H22FNO2/c1-12-11-13(17)7-8-15(12)16(19)18-9-10-20-14-5-3-2-4-6-14/h7-8,11,14H,2-6,9-10H2,1H3,(H,18,19). The molecule has 1 aromatic rings. The topological polar surface area (TPSA) is 38.3 Å². The van der Waals surface area contributed by atoms with Crippen molar-refractivity contribution < 1.29 is 13.9 Å². The molecule has 0 bridgehead atoms. The summed E-state index contributed by atoms with van der Waals surface area (Å²) in [6.45, 7) is 2.76. The number of nitrogens with one attached hydrogen (secondary N) is 1. The summed E-state index contributed by atoms with van der Waals surface area (Å²) < 4.78 is 18.7. The lowest BCUT2D eigenvalue weighted by Gasteiger charge is -2.22. The molecule has 1 aromatic carbocycles. The van der Waals surface area contributed by atoms with Crippen LogP contribution in [0.5, 0.6) is 0 Å². The fraction of sp³-hybridized carbons (Fsp3) is 0.562. The number of carbonyl (C=O) groups is 1. The predicted molar refractivity (Wildman–Crippen MR) is 76.3 cm³/mol. The lowest BCUT2D eigenvalue weighted by Crippen LogP contribution is -2.29. The van der Waals surface area contributed by atoms with Crippen LogP contribution in [-0.4, -0.2) is 25.2 Å². The van der Waals surface area contributed by atoms with E-state index in [1.807, 2.05) is 0 Å². The van der Waals surface area contributed by atoms with E-state index in [0.717, 1.165) is 12.8 Å². The molecule has 1 saturated carbocycles. The number of hydrogen-bond acceptors (Lipinski definition) is 2. The highest BCUT2D eigenvalue weighted by molar-refractivity contribution is 5.95. The van der Waals surface area contributed by atoms with Gasteiger partial charge in [-0.2, -0.15) is 0 Å². The Bertz CT molecular complexity index is 456. The van der Waals surface area contributed by atoms with Crippen LogP contribution in [0.2, 0.25) is 0 Å². The maximum atomic E-state index is 13.0. The van der Waals surface area contributed by atoms with E-state index < -0.39 is 0 Å². The number of carbonyl (C=O) groups excluding carboxylic acids is 1. The Morgan fingerprint density at radius 1 is 1.35 bits per heavy atom. The summed E-state index contributed by atoms with van der Waals surface area (Å²) in [5, 5.41) is 2.81. The lowest BCUT2D eigenvalue weighted by molar-refractivity contribution is 0.0299. The quantitative estimate of drug-likeness (QED) is 0.840. The van der Waals surface area contributed by atoms with Crippen LogP contribution in [0, 0.1) is 12.7 Å². The third-order valence-electron chi connectivity index (χ3n) is 3.73. The van der Waals surface area contributed by atoms with Gasteiger partial charge in [-0.15, -0.1) is 0 Å². The second-order valence-corrected chi connectivity index (χ2v) is 5.35. The van der Waals surface area contributed by atoms with E-state index in [1.165, 1.54) is 37.5 Å². The van der Waals surface area contributed by atoms with Crippen LogP contribution in [0.3, 0.4) is 0 Å². The van der Waals surface area contributed by atoms with Gasteiger partial charge in [0.1, 0.15) is 5.82 Å². The first-order chi connectivity index (χ1) is 9.66. The van der Waals surface area contributed by atoms with E-state index >= 15 is 0 Å². The number of amides is 1. The number of ether oxygens (including phenoxy) is 1. The first-order valence-corrected chi connectivity index (χ1v) is 7.33. The first kappa shape index (κ1) is 15.0. The average Bonchev–Trinajstić information content (AvgIpc) is 2.44.